The van der Waals surface area contributed by atoms with E-state index in [0.29, 0.717) is 18.4 Å². The van der Waals surface area contributed by atoms with Gasteiger partial charge >= 0.3 is 0 Å². The van der Waals surface area contributed by atoms with Crippen molar-refractivity contribution < 1.29 is 4.79 Å². The van der Waals surface area contributed by atoms with Gasteiger partial charge in [0.1, 0.15) is 11.6 Å². The van der Waals surface area contributed by atoms with Crippen LogP contribution in [0.4, 0.5) is 5.82 Å². The van der Waals surface area contributed by atoms with Gasteiger partial charge in [0, 0.05) is 5.56 Å². The molecule has 6 nitrogen and oxygen atoms in total. The van der Waals surface area contributed by atoms with E-state index in [1.807, 2.05) is 42.9 Å². The van der Waals surface area contributed by atoms with Gasteiger partial charge < -0.3 is 10.3 Å². The molecule has 2 N–H and O–H groups in total. The third-order valence-corrected chi connectivity index (χ3v) is 4.96. The summed E-state index contributed by atoms with van der Waals surface area (Å²) < 4.78 is 1.96. The van der Waals surface area contributed by atoms with Gasteiger partial charge in [0.15, 0.2) is 0 Å². The largest absolute Gasteiger partial charge is 0.342 e. The summed E-state index contributed by atoms with van der Waals surface area (Å²) in [5.41, 5.74) is 3.85. The number of rotatable bonds is 5. The maximum Gasteiger partial charge on any atom is 0.229 e. The minimum Gasteiger partial charge on any atom is -0.342 e. The van der Waals surface area contributed by atoms with Gasteiger partial charge in [0.05, 0.1) is 29.7 Å². The van der Waals surface area contributed by atoms with E-state index in [4.69, 9.17) is 0 Å². The molecular weight excluding hydrogens is 314 g/mol. The van der Waals surface area contributed by atoms with Crippen LogP contribution in [-0.2, 0) is 11.2 Å². The van der Waals surface area contributed by atoms with Gasteiger partial charge in [0.2, 0.25) is 5.91 Å². The number of hydrogen-bond donors (Lipinski definition) is 2. The topological polar surface area (TPSA) is 75.6 Å². The van der Waals surface area contributed by atoms with Crippen molar-refractivity contribution in [3.8, 4) is 0 Å². The predicted octanol–water partition coefficient (Wildman–Crippen LogP) is 3.53. The zero-order valence-corrected chi connectivity index (χ0v) is 14.8. The first-order chi connectivity index (χ1) is 12.0. The molecule has 0 aliphatic heterocycles. The summed E-state index contributed by atoms with van der Waals surface area (Å²) in [6.45, 7) is 6.09. The van der Waals surface area contributed by atoms with Gasteiger partial charge in [-0.05, 0) is 57.2 Å². The number of benzene rings is 1. The lowest BCUT2D eigenvalue weighted by Gasteiger charge is -2.16. The third kappa shape index (κ3) is 3.16. The van der Waals surface area contributed by atoms with Crippen molar-refractivity contribution in [3.05, 3.63) is 41.3 Å². The Kier molecular flexibility index (Phi) is 3.82. The Hall–Kier alpha value is -2.63. The minimum absolute atomic E-state index is 0.0246. The Balaban J connectivity index is 1.50. The molecule has 1 fully saturated rings. The number of carbonyl (C=O) groups excluding carboxylic acids is 1. The summed E-state index contributed by atoms with van der Waals surface area (Å²) in [4.78, 5) is 20.2. The average Bonchev–Trinajstić information content (AvgIpc) is 3.27. The Morgan fingerprint density at radius 3 is 2.96 bits per heavy atom. The van der Waals surface area contributed by atoms with E-state index in [0.717, 1.165) is 33.8 Å². The highest BCUT2D eigenvalue weighted by atomic mass is 16.1. The molecular formula is C19H23N5O. The van der Waals surface area contributed by atoms with Gasteiger partial charge in [-0.1, -0.05) is 6.07 Å². The SMILES string of the molecule is Cc1nc2ccc(CC(=O)Nc3c(C)cnn3C(C)C3CC3)cc2[nH]1. The molecule has 130 valence electrons. The van der Waals surface area contributed by atoms with Crippen molar-refractivity contribution >= 4 is 22.8 Å². The van der Waals surface area contributed by atoms with Crippen LogP contribution in [0.3, 0.4) is 0 Å². The van der Waals surface area contributed by atoms with Gasteiger partial charge in [0.25, 0.3) is 0 Å². The van der Waals surface area contributed by atoms with Crippen LogP contribution in [0.15, 0.2) is 24.4 Å². The minimum atomic E-state index is -0.0246. The van der Waals surface area contributed by atoms with Crippen molar-refractivity contribution in [3.63, 3.8) is 0 Å². The van der Waals surface area contributed by atoms with Crippen molar-refractivity contribution in [2.45, 2.75) is 46.1 Å². The second-order valence-corrected chi connectivity index (χ2v) is 7.10. The molecule has 3 aromatic rings. The molecule has 1 aliphatic rings. The number of H-pyrrole nitrogens is 1. The molecule has 6 heteroatoms. The fourth-order valence-electron chi connectivity index (χ4n) is 3.35. The van der Waals surface area contributed by atoms with Gasteiger partial charge in [-0.25, -0.2) is 9.67 Å². The van der Waals surface area contributed by atoms with Crippen molar-refractivity contribution in [1.82, 2.24) is 19.7 Å². The Labute approximate surface area is 146 Å². The van der Waals surface area contributed by atoms with Crippen LogP contribution in [0.25, 0.3) is 11.0 Å². The van der Waals surface area contributed by atoms with Crippen LogP contribution in [0.1, 0.15) is 42.8 Å². The molecule has 1 unspecified atom stereocenters. The number of aromatic amines is 1. The first-order valence-electron chi connectivity index (χ1n) is 8.80. The molecule has 1 amide bonds. The van der Waals surface area contributed by atoms with Crippen molar-refractivity contribution in [2.24, 2.45) is 5.92 Å². The number of imidazole rings is 1. The average molecular weight is 337 g/mol. The number of nitrogens with one attached hydrogen (secondary N) is 2. The highest BCUT2D eigenvalue weighted by molar-refractivity contribution is 5.92. The quantitative estimate of drug-likeness (QED) is 0.748. The molecule has 1 atom stereocenters. The molecule has 1 aliphatic carbocycles. The Bertz CT molecular complexity index is 935. The summed E-state index contributed by atoms with van der Waals surface area (Å²) in [6, 6.07) is 6.23. The smallest absolute Gasteiger partial charge is 0.229 e. The fraction of sp³-hybridized carbons (Fsp3) is 0.421. The number of amides is 1. The monoisotopic (exact) mass is 337 g/mol. The van der Waals surface area contributed by atoms with E-state index >= 15 is 0 Å². The summed E-state index contributed by atoms with van der Waals surface area (Å²) in [7, 11) is 0. The normalized spacial score (nSPS) is 15.5. The van der Waals surface area contributed by atoms with Gasteiger partial charge in [-0.3, -0.25) is 4.79 Å². The zero-order valence-electron chi connectivity index (χ0n) is 14.8. The van der Waals surface area contributed by atoms with Crippen LogP contribution in [0.2, 0.25) is 0 Å². The lowest BCUT2D eigenvalue weighted by Crippen LogP contribution is -2.20. The van der Waals surface area contributed by atoms with Crippen molar-refractivity contribution in [2.75, 3.05) is 5.32 Å². The summed E-state index contributed by atoms with van der Waals surface area (Å²) in [5.74, 6) is 2.36. The second kappa shape index (κ2) is 6.02. The van der Waals surface area contributed by atoms with Crippen molar-refractivity contribution in [1.29, 1.82) is 0 Å². The highest BCUT2D eigenvalue weighted by Crippen LogP contribution is 2.40. The van der Waals surface area contributed by atoms with E-state index in [-0.39, 0.29) is 5.91 Å². The van der Waals surface area contributed by atoms with Gasteiger partial charge in [-0.15, -0.1) is 0 Å². The molecule has 2 aromatic heterocycles. The molecule has 1 aromatic carbocycles. The number of anilines is 1. The van der Waals surface area contributed by atoms with Gasteiger partial charge in [-0.2, -0.15) is 5.10 Å². The maximum absolute atomic E-state index is 12.6. The molecule has 4 rings (SSSR count). The summed E-state index contributed by atoms with van der Waals surface area (Å²) in [6.07, 6.45) is 4.65. The zero-order chi connectivity index (χ0) is 17.6. The molecule has 1 saturated carbocycles. The van der Waals surface area contributed by atoms with Crippen LogP contribution in [-0.4, -0.2) is 25.7 Å². The fourth-order valence-corrected chi connectivity index (χ4v) is 3.35. The van der Waals surface area contributed by atoms with E-state index in [1.54, 1.807) is 0 Å². The van der Waals surface area contributed by atoms with E-state index < -0.39 is 0 Å². The summed E-state index contributed by atoms with van der Waals surface area (Å²) >= 11 is 0. The predicted molar refractivity (Wildman–Crippen MR) is 97.6 cm³/mol. The lowest BCUT2D eigenvalue weighted by molar-refractivity contribution is -0.115. The van der Waals surface area contributed by atoms with Crippen LogP contribution in [0.5, 0.6) is 0 Å². The number of nitrogens with zero attached hydrogens (tertiary/aromatic N) is 3. The molecule has 0 radical (unpaired) electrons. The highest BCUT2D eigenvalue weighted by Gasteiger charge is 2.31. The number of aromatic nitrogens is 4. The third-order valence-electron chi connectivity index (χ3n) is 4.96. The van der Waals surface area contributed by atoms with E-state index in [9.17, 15) is 4.79 Å². The number of fused-ring (bicyclic) bond motifs is 1. The first kappa shape index (κ1) is 15.9. The standard InChI is InChI=1S/C19H23N5O/c1-11-10-20-24(12(2)15-5-6-15)19(11)23-18(25)9-14-4-7-16-17(8-14)22-13(3)21-16/h4,7-8,10,12,15H,5-6,9H2,1-3H3,(H,21,22)(H,23,25). The Morgan fingerprint density at radius 2 is 2.20 bits per heavy atom. The van der Waals surface area contributed by atoms with E-state index in [2.05, 4.69) is 27.3 Å². The first-order valence-corrected chi connectivity index (χ1v) is 8.80. The number of hydrogen-bond acceptors (Lipinski definition) is 3. The molecule has 25 heavy (non-hydrogen) atoms. The molecule has 2 heterocycles. The number of aryl methyl sites for hydroxylation is 2. The van der Waals surface area contributed by atoms with Crippen LogP contribution >= 0.6 is 0 Å². The van der Waals surface area contributed by atoms with E-state index in [1.165, 1.54) is 12.8 Å². The van der Waals surface area contributed by atoms with Crippen LogP contribution in [0, 0.1) is 19.8 Å². The molecule has 0 spiro atoms. The maximum atomic E-state index is 12.6. The van der Waals surface area contributed by atoms with Crippen LogP contribution < -0.4 is 5.32 Å². The molecule has 0 saturated heterocycles. The Morgan fingerprint density at radius 1 is 1.40 bits per heavy atom. The lowest BCUT2D eigenvalue weighted by atomic mass is 10.1. The number of carbonyl (C=O) groups is 1. The summed E-state index contributed by atoms with van der Waals surface area (Å²) in [5, 5.41) is 7.53. The second-order valence-electron chi connectivity index (χ2n) is 7.10. The molecule has 0 bridgehead atoms.